The van der Waals surface area contributed by atoms with Gasteiger partial charge in [-0.15, -0.1) is 0 Å². The lowest BCUT2D eigenvalue weighted by atomic mass is 9.99. The first kappa shape index (κ1) is 21.5. The number of anilines is 3. The number of aromatic nitrogens is 3. The number of piperidine rings is 1. The molecule has 0 radical (unpaired) electrons. The van der Waals surface area contributed by atoms with E-state index in [1.807, 2.05) is 30.5 Å². The number of rotatable bonds is 4. The van der Waals surface area contributed by atoms with E-state index in [1.54, 1.807) is 29.8 Å². The van der Waals surface area contributed by atoms with Crippen LogP contribution in [0.2, 0.25) is 0 Å². The van der Waals surface area contributed by atoms with Gasteiger partial charge >= 0.3 is 0 Å². The van der Waals surface area contributed by atoms with E-state index < -0.39 is 0 Å². The van der Waals surface area contributed by atoms with E-state index in [4.69, 9.17) is 0 Å². The van der Waals surface area contributed by atoms with Crippen LogP contribution in [0.15, 0.2) is 48.9 Å². The fraction of sp³-hybridized carbons (Fsp3) is 0.269. The molecular formula is C26H25FN6O2. The molecule has 2 aliphatic rings. The van der Waals surface area contributed by atoms with Gasteiger partial charge in [0.15, 0.2) is 11.5 Å². The fourth-order valence-corrected chi connectivity index (χ4v) is 4.91. The standard InChI is InChI=1S/C26H25FN6O2/c1-15-6-11-33-21(14-29-25(33)24(15)27)18-3-4-20(23-19(18)13-30-26(23)35)31-22-5-2-16(12-28-22)32-9-7-17(34)8-10-32/h2-6,11-12,14,17,34H,7-10,13H2,1H3,(H,28,31)(H,30,35). The minimum Gasteiger partial charge on any atom is -0.393 e. The number of aryl methyl sites for hydroxylation is 1. The molecule has 0 unspecified atom stereocenters. The van der Waals surface area contributed by atoms with Crippen LogP contribution in [-0.2, 0) is 6.54 Å². The Labute approximate surface area is 201 Å². The average Bonchev–Trinajstić information content (AvgIpc) is 3.47. The summed E-state index contributed by atoms with van der Waals surface area (Å²) in [6.45, 7) is 3.70. The Morgan fingerprint density at radius 2 is 1.94 bits per heavy atom. The summed E-state index contributed by atoms with van der Waals surface area (Å²) in [5.74, 6) is 0.120. The molecular weight excluding hydrogens is 447 g/mol. The van der Waals surface area contributed by atoms with Gasteiger partial charge in [-0.2, -0.15) is 0 Å². The zero-order valence-electron chi connectivity index (χ0n) is 19.3. The van der Waals surface area contributed by atoms with Crippen LogP contribution in [0.5, 0.6) is 0 Å². The predicted octanol–water partition coefficient (Wildman–Crippen LogP) is 3.79. The van der Waals surface area contributed by atoms with E-state index >= 15 is 0 Å². The molecule has 5 heterocycles. The average molecular weight is 473 g/mol. The molecule has 4 aromatic rings. The second kappa shape index (κ2) is 8.35. The number of imidazole rings is 1. The van der Waals surface area contributed by atoms with Crippen LogP contribution >= 0.6 is 0 Å². The Hall–Kier alpha value is -3.98. The van der Waals surface area contributed by atoms with Crippen molar-refractivity contribution in [3.05, 3.63) is 71.4 Å². The molecule has 3 N–H and O–H groups in total. The van der Waals surface area contributed by atoms with Gasteiger partial charge in [0.05, 0.1) is 41.1 Å². The number of carbonyl (C=O) groups excluding carboxylic acids is 1. The van der Waals surface area contributed by atoms with Crippen molar-refractivity contribution < 1.29 is 14.3 Å². The van der Waals surface area contributed by atoms with Gasteiger partial charge in [-0.1, -0.05) is 6.07 Å². The molecule has 0 spiro atoms. The van der Waals surface area contributed by atoms with Crippen molar-refractivity contribution in [1.29, 1.82) is 0 Å². The van der Waals surface area contributed by atoms with Crippen molar-refractivity contribution in [2.45, 2.75) is 32.4 Å². The summed E-state index contributed by atoms with van der Waals surface area (Å²) < 4.78 is 16.3. The minimum atomic E-state index is -0.349. The lowest BCUT2D eigenvalue weighted by Gasteiger charge is -2.31. The molecule has 0 saturated carbocycles. The third kappa shape index (κ3) is 3.68. The summed E-state index contributed by atoms with van der Waals surface area (Å²) in [6, 6.07) is 9.38. The van der Waals surface area contributed by atoms with E-state index in [1.165, 1.54) is 0 Å². The molecule has 178 valence electrons. The van der Waals surface area contributed by atoms with Gasteiger partial charge in [-0.05, 0) is 55.2 Å². The van der Waals surface area contributed by atoms with Crippen LogP contribution < -0.4 is 15.5 Å². The zero-order chi connectivity index (χ0) is 24.1. The Bertz CT molecular complexity index is 1440. The van der Waals surface area contributed by atoms with Gasteiger partial charge in [-0.3, -0.25) is 9.20 Å². The highest BCUT2D eigenvalue weighted by Gasteiger charge is 2.27. The third-order valence-corrected chi connectivity index (χ3v) is 6.89. The monoisotopic (exact) mass is 472 g/mol. The minimum absolute atomic E-state index is 0.163. The number of aliphatic hydroxyl groups is 1. The Morgan fingerprint density at radius 1 is 1.11 bits per heavy atom. The molecule has 8 nitrogen and oxygen atoms in total. The fourth-order valence-electron chi connectivity index (χ4n) is 4.91. The van der Waals surface area contributed by atoms with Crippen molar-refractivity contribution in [2.75, 3.05) is 23.3 Å². The maximum Gasteiger partial charge on any atom is 0.254 e. The summed E-state index contributed by atoms with van der Waals surface area (Å²) in [4.78, 5) is 23.8. The molecule has 0 aliphatic carbocycles. The topological polar surface area (TPSA) is 94.8 Å². The maximum atomic E-state index is 14.6. The number of nitrogens with one attached hydrogen (secondary N) is 2. The SMILES string of the molecule is Cc1ccn2c(-c3ccc(Nc4ccc(N5CCC(O)CC5)cn4)c4c3CNC4=O)cnc2c1F. The predicted molar refractivity (Wildman–Crippen MR) is 131 cm³/mol. The van der Waals surface area contributed by atoms with Crippen molar-refractivity contribution in [2.24, 2.45) is 0 Å². The molecule has 1 fully saturated rings. The number of benzene rings is 1. The molecule has 9 heteroatoms. The molecule has 1 saturated heterocycles. The number of pyridine rings is 2. The number of fused-ring (bicyclic) bond motifs is 2. The normalized spacial score (nSPS) is 16.0. The number of hydrogen-bond acceptors (Lipinski definition) is 6. The van der Waals surface area contributed by atoms with Crippen LogP contribution in [0.25, 0.3) is 16.9 Å². The van der Waals surface area contributed by atoms with E-state index in [2.05, 4.69) is 25.5 Å². The van der Waals surface area contributed by atoms with Gasteiger partial charge in [0, 0.05) is 31.4 Å². The van der Waals surface area contributed by atoms with Crippen molar-refractivity contribution >= 4 is 28.7 Å². The number of carbonyl (C=O) groups is 1. The molecule has 3 aromatic heterocycles. The van der Waals surface area contributed by atoms with Gasteiger partial charge in [-0.25, -0.2) is 14.4 Å². The molecule has 35 heavy (non-hydrogen) atoms. The van der Waals surface area contributed by atoms with Gasteiger partial charge in [0.2, 0.25) is 0 Å². The second-order valence-electron chi connectivity index (χ2n) is 9.09. The largest absolute Gasteiger partial charge is 0.393 e. The molecule has 0 bridgehead atoms. The molecule has 1 amide bonds. The Morgan fingerprint density at radius 3 is 2.71 bits per heavy atom. The van der Waals surface area contributed by atoms with Crippen molar-refractivity contribution in [3.8, 4) is 11.3 Å². The van der Waals surface area contributed by atoms with Gasteiger partial charge in [0.25, 0.3) is 5.91 Å². The molecule has 2 aliphatic heterocycles. The van der Waals surface area contributed by atoms with Gasteiger partial charge < -0.3 is 20.6 Å². The van der Waals surface area contributed by atoms with E-state index in [9.17, 15) is 14.3 Å². The quantitative estimate of drug-likeness (QED) is 0.418. The number of hydrogen-bond donors (Lipinski definition) is 3. The van der Waals surface area contributed by atoms with E-state index in [0.717, 1.165) is 48.4 Å². The second-order valence-corrected chi connectivity index (χ2v) is 9.09. The zero-order valence-corrected chi connectivity index (χ0v) is 19.3. The summed E-state index contributed by atoms with van der Waals surface area (Å²) in [6.07, 6.45) is 6.54. The van der Waals surface area contributed by atoms with Crippen LogP contribution in [0.1, 0.15) is 34.3 Å². The summed E-state index contributed by atoms with van der Waals surface area (Å²) in [5.41, 5.74) is 5.43. The lowest BCUT2D eigenvalue weighted by Crippen LogP contribution is -2.35. The van der Waals surface area contributed by atoms with Crippen molar-refractivity contribution in [3.63, 3.8) is 0 Å². The Balaban J connectivity index is 1.32. The maximum absolute atomic E-state index is 14.6. The summed E-state index contributed by atoms with van der Waals surface area (Å²) in [5, 5.41) is 15.9. The summed E-state index contributed by atoms with van der Waals surface area (Å²) >= 11 is 0. The summed E-state index contributed by atoms with van der Waals surface area (Å²) in [7, 11) is 0. The third-order valence-electron chi connectivity index (χ3n) is 6.89. The first-order valence-electron chi connectivity index (χ1n) is 11.7. The molecule has 6 rings (SSSR count). The highest BCUT2D eigenvalue weighted by molar-refractivity contribution is 6.06. The lowest BCUT2D eigenvalue weighted by molar-refractivity contribution is 0.0966. The number of amides is 1. The molecule has 1 aromatic carbocycles. The highest BCUT2D eigenvalue weighted by Crippen LogP contribution is 2.36. The van der Waals surface area contributed by atoms with Crippen LogP contribution in [-0.4, -0.2) is 44.6 Å². The number of aliphatic hydroxyl groups excluding tert-OH is 1. The van der Waals surface area contributed by atoms with Crippen LogP contribution in [0.4, 0.5) is 21.6 Å². The first-order chi connectivity index (χ1) is 17.0. The first-order valence-corrected chi connectivity index (χ1v) is 11.7. The number of nitrogens with zero attached hydrogens (tertiary/aromatic N) is 4. The van der Waals surface area contributed by atoms with Gasteiger partial charge in [0.1, 0.15) is 5.82 Å². The van der Waals surface area contributed by atoms with Crippen molar-refractivity contribution in [1.82, 2.24) is 19.7 Å². The van der Waals surface area contributed by atoms with E-state index in [0.29, 0.717) is 29.2 Å². The molecule has 0 atom stereocenters. The Kier molecular flexibility index (Phi) is 5.14. The van der Waals surface area contributed by atoms with Crippen LogP contribution in [0, 0.1) is 12.7 Å². The highest BCUT2D eigenvalue weighted by atomic mass is 19.1. The van der Waals surface area contributed by atoms with E-state index in [-0.39, 0.29) is 23.5 Å². The number of halogens is 1. The smallest absolute Gasteiger partial charge is 0.254 e. The van der Waals surface area contributed by atoms with Crippen LogP contribution in [0.3, 0.4) is 0 Å².